The van der Waals surface area contributed by atoms with Gasteiger partial charge in [-0.25, -0.2) is 0 Å². The molecule has 1 aliphatic carbocycles. The van der Waals surface area contributed by atoms with Gasteiger partial charge in [0.1, 0.15) is 0 Å². The Morgan fingerprint density at radius 2 is 1.88 bits per heavy atom. The van der Waals surface area contributed by atoms with Crippen LogP contribution in [0.25, 0.3) is 0 Å². The number of benzene rings is 1. The molecule has 0 aliphatic heterocycles. The first-order valence-corrected chi connectivity index (χ1v) is 6.83. The van der Waals surface area contributed by atoms with Gasteiger partial charge < -0.3 is 0 Å². The quantitative estimate of drug-likeness (QED) is 0.658. The van der Waals surface area contributed by atoms with Gasteiger partial charge in [-0.05, 0) is 30.4 Å². The van der Waals surface area contributed by atoms with Crippen LogP contribution in [0.2, 0.25) is 0 Å². The molecule has 2 rings (SSSR count). The number of nitrogens with two attached hydrogens (primary N) is 1. The van der Waals surface area contributed by atoms with Gasteiger partial charge in [0.05, 0.1) is 0 Å². The molecular formula is C13H19BrN2. The fourth-order valence-electron chi connectivity index (χ4n) is 2.67. The third-order valence-corrected chi connectivity index (χ3v) is 4.26. The first-order chi connectivity index (χ1) is 7.83. The number of nitrogens with one attached hydrogen (secondary N) is 1. The van der Waals surface area contributed by atoms with Gasteiger partial charge in [0.25, 0.3) is 0 Å². The van der Waals surface area contributed by atoms with E-state index in [4.69, 9.17) is 5.84 Å². The van der Waals surface area contributed by atoms with E-state index < -0.39 is 0 Å². The molecule has 1 unspecified atom stereocenters. The van der Waals surface area contributed by atoms with E-state index in [1.165, 1.54) is 37.7 Å². The first kappa shape index (κ1) is 12.1. The van der Waals surface area contributed by atoms with Gasteiger partial charge in [-0.2, -0.15) is 0 Å². The van der Waals surface area contributed by atoms with Crippen molar-refractivity contribution >= 4 is 15.9 Å². The lowest BCUT2D eigenvalue weighted by Crippen LogP contribution is -2.34. The third kappa shape index (κ3) is 2.65. The normalized spacial score (nSPS) is 19.6. The summed E-state index contributed by atoms with van der Waals surface area (Å²) in [7, 11) is 0. The zero-order chi connectivity index (χ0) is 11.4. The summed E-state index contributed by atoms with van der Waals surface area (Å²) in [5.74, 6) is 6.41. The van der Waals surface area contributed by atoms with E-state index in [0.29, 0.717) is 5.92 Å². The molecule has 2 nitrogen and oxygen atoms in total. The second-order valence-electron chi connectivity index (χ2n) is 4.56. The van der Waals surface area contributed by atoms with Gasteiger partial charge in [0, 0.05) is 10.5 Å². The molecule has 1 fully saturated rings. The summed E-state index contributed by atoms with van der Waals surface area (Å²) in [5, 5.41) is 0. The molecule has 0 saturated heterocycles. The van der Waals surface area contributed by atoms with Crippen LogP contribution in [0.15, 0.2) is 28.7 Å². The van der Waals surface area contributed by atoms with Crippen LogP contribution in [-0.2, 0) is 0 Å². The lowest BCUT2D eigenvalue weighted by atomic mass is 9.81. The molecule has 0 heterocycles. The van der Waals surface area contributed by atoms with Gasteiger partial charge in [-0.3, -0.25) is 11.3 Å². The average molecular weight is 283 g/mol. The fraction of sp³-hybridized carbons (Fsp3) is 0.538. The molecule has 3 heteroatoms. The van der Waals surface area contributed by atoms with Gasteiger partial charge in [0.2, 0.25) is 0 Å². The topological polar surface area (TPSA) is 38.0 Å². The molecule has 0 spiro atoms. The molecule has 1 saturated carbocycles. The van der Waals surface area contributed by atoms with Crippen LogP contribution in [-0.4, -0.2) is 0 Å². The summed E-state index contributed by atoms with van der Waals surface area (Å²) in [4.78, 5) is 0. The van der Waals surface area contributed by atoms with Crippen molar-refractivity contribution in [1.82, 2.24) is 5.43 Å². The van der Waals surface area contributed by atoms with E-state index in [2.05, 4.69) is 39.6 Å². The highest BCUT2D eigenvalue weighted by Gasteiger charge is 2.25. The smallest absolute Gasteiger partial charge is 0.0499 e. The molecule has 0 bridgehead atoms. The van der Waals surface area contributed by atoms with Gasteiger partial charge >= 0.3 is 0 Å². The third-order valence-electron chi connectivity index (χ3n) is 3.54. The molecule has 16 heavy (non-hydrogen) atoms. The number of rotatable bonds is 3. The maximum atomic E-state index is 5.73. The van der Waals surface area contributed by atoms with Crippen molar-refractivity contribution in [3.8, 4) is 0 Å². The molecule has 0 aromatic heterocycles. The SMILES string of the molecule is NNC(c1ccccc1Br)C1CCCCC1. The summed E-state index contributed by atoms with van der Waals surface area (Å²) in [6, 6.07) is 8.65. The Hall–Kier alpha value is -0.380. The van der Waals surface area contributed by atoms with Crippen molar-refractivity contribution < 1.29 is 0 Å². The molecule has 1 aromatic carbocycles. The molecular weight excluding hydrogens is 264 g/mol. The van der Waals surface area contributed by atoms with Crippen molar-refractivity contribution in [2.75, 3.05) is 0 Å². The van der Waals surface area contributed by atoms with Crippen molar-refractivity contribution in [2.45, 2.75) is 38.1 Å². The molecule has 1 aliphatic rings. The fourth-order valence-corrected chi connectivity index (χ4v) is 3.21. The zero-order valence-electron chi connectivity index (χ0n) is 9.45. The second kappa shape index (κ2) is 5.80. The van der Waals surface area contributed by atoms with E-state index in [1.807, 2.05) is 6.07 Å². The Balaban J connectivity index is 2.18. The molecule has 3 N–H and O–H groups in total. The number of hydrogen-bond acceptors (Lipinski definition) is 2. The number of halogens is 1. The van der Waals surface area contributed by atoms with Crippen LogP contribution in [0, 0.1) is 5.92 Å². The van der Waals surface area contributed by atoms with E-state index in [-0.39, 0.29) is 6.04 Å². The van der Waals surface area contributed by atoms with Crippen molar-refractivity contribution in [3.63, 3.8) is 0 Å². The average Bonchev–Trinajstić information content (AvgIpc) is 2.34. The second-order valence-corrected chi connectivity index (χ2v) is 5.42. The molecule has 0 radical (unpaired) electrons. The number of hydrogen-bond donors (Lipinski definition) is 2. The molecule has 88 valence electrons. The van der Waals surface area contributed by atoms with E-state index in [0.717, 1.165) is 4.47 Å². The minimum absolute atomic E-state index is 0.288. The summed E-state index contributed by atoms with van der Waals surface area (Å²) in [6.45, 7) is 0. The maximum absolute atomic E-state index is 5.73. The Morgan fingerprint density at radius 3 is 2.50 bits per heavy atom. The van der Waals surface area contributed by atoms with Crippen LogP contribution in [0.3, 0.4) is 0 Å². The van der Waals surface area contributed by atoms with Crippen molar-refractivity contribution in [2.24, 2.45) is 11.8 Å². The summed E-state index contributed by atoms with van der Waals surface area (Å²) >= 11 is 3.61. The predicted molar refractivity (Wildman–Crippen MR) is 70.8 cm³/mol. The van der Waals surface area contributed by atoms with E-state index in [9.17, 15) is 0 Å². The first-order valence-electron chi connectivity index (χ1n) is 6.03. The van der Waals surface area contributed by atoms with Crippen molar-refractivity contribution in [3.05, 3.63) is 34.3 Å². The summed E-state index contributed by atoms with van der Waals surface area (Å²) in [6.07, 6.45) is 6.64. The van der Waals surface area contributed by atoms with Crippen LogP contribution in [0.4, 0.5) is 0 Å². The molecule has 0 amide bonds. The number of hydrazine groups is 1. The van der Waals surface area contributed by atoms with Crippen LogP contribution >= 0.6 is 15.9 Å². The summed E-state index contributed by atoms with van der Waals surface area (Å²) < 4.78 is 1.16. The lowest BCUT2D eigenvalue weighted by Gasteiger charge is -2.30. The highest BCUT2D eigenvalue weighted by Crippen LogP contribution is 2.36. The Kier molecular flexibility index (Phi) is 4.38. The van der Waals surface area contributed by atoms with Gasteiger partial charge in [-0.15, -0.1) is 0 Å². The molecule has 1 aromatic rings. The van der Waals surface area contributed by atoms with Gasteiger partial charge in [-0.1, -0.05) is 53.4 Å². The minimum Gasteiger partial charge on any atom is -0.271 e. The lowest BCUT2D eigenvalue weighted by molar-refractivity contribution is 0.273. The Labute approximate surface area is 106 Å². The molecule has 1 atom stereocenters. The van der Waals surface area contributed by atoms with E-state index >= 15 is 0 Å². The highest BCUT2D eigenvalue weighted by molar-refractivity contribution is 9.10. The standard InChI is InChI=1S/C13H19BrN2/c14-12-9-5-4-8-11(12)13(16-15)10-6-2-1-3-7-10/h4-5,8-10,13,16H,1-3,6-7,15H2. The zero-order valence-corrected chi connectivity index (χ0v) is 11.0. The van der Waals surface area contributed by atoms with Crippen LogP contribution in [0.5, 0.6) is 0 Å². The maximum Gasteiger partial charge on any atom is 0.0499 e. The van der Waals surface area contributed by atoms with Crippen LogP contribution < -0.4 is 11.3 Å². The van der Waals surface area contributed by atoms with Gasteiger partial charge in [0.15, 0.2) is 0 Å². The monoisotopic (exact) mass is 282 g/mol. The highest BCUT2D eigenvalue weighted by atomic mass is 79.9. The van der Waals surface area contributed by atoms with E-state index in [1.54, 1.807) is 0 Å². The Bertz CT molecular complexity index is 334. The minimum atomic E-state index is 0.288. The Morgan fingerprint density at radius 1 is 1.19 bits per heavy atom. The summed E-state index contributed by atoms with van der Waals surface area (Å²) in [5.41, 5.74) is 4.29. The predicted octanol–water partition coefficient (Wildman–Crippen LogP) is 3.53. The van der Waals surface area contributed by atoms with Crippen molar-refractivity contribution in [1.29, 1.82) is 0 Å². The largest absolute Gasteiger partial charge is 0.271 e. The van der Waals surface area contributed by atoms with Crippen LogP contribution in [0.1, 0.15) is 43.7 Å².